The van der Waals surface area contributed by atoms with Crippen molar-refractivity contribution in [1.29, 1.82) is 0 Å². The van der Waals surface area contributed by atoms with E-state index in [4.69, 9.17) is 10.2 Å². The number of guanidine groups is 1. The van der Waals surface area contributed by atoms with Crippen molar-refractivity contribution in [2.24, 2.45) is 16.6 Å². The van der Waals surface area contributed by atoms with Gasteiger partial charge < -0.3 is 20.8 Å². The monoisotopic (exact) mass is 408 g/mol. The number of nitrogens with zero attached hydrogens (tertiary/aromatic N) is 1. The van der Waals surface area contributed by atoms with Gasteiger partial charge in [-0.2, -0.15) is 0 Å². The first-order chi connectivity index (χ1) is 9.52. The first kappa shape index (κ1) is 19.8. The van der Waals surface area contributed by atoms with Crippen molar-refractivity contribution < 1.29 is 9.21 Å². The fraction of sp³-hybridized carbons (Fsp3) is 0.571. The van der Waals surface area contributed by atoms with E-state index >= 15 is 0 Å². The van der Waals surface area contributed by atoms with Crippen molar-refractivity contribution >= 4 is 35.8 Å². The maximum atomic E-state index is 10.9. The number of carbonyl (C=O) groups excluding carboxylic acids is 1. The average Bonchev–Trinajstić information content (AvgIpc) is 2.84. The van der Waals surface area contributed by atoms with E-state index in [0.717, 1.165) is 25.5 Å². The first-order valence-electron chi connectivity index (χ1n) is 6.93. The molecule has 0 unspecified atom stereocenters. The summed E-state index contributed by atoms with van der Waals surface area (Å²) in [5.74, 6) is 1.59. The van der Waals surface area contributed by atoms with Gasteiger partial charge >= 0.3 is 0 Å². The standard InChI is InChI=1S/C14H24N4O2.HI/c1-4-16-14(17-8-7-10(2)3)18-9-11-5-6-12(20-11)13(15)19;/h5-6,10H,4,7-9H2,1-3H3,(H2,15,19)(H2,16,17,18);1H. The van der Waals surface area contributed by atoms with E-state index in [2.05, 4.69) is 29.5 Å². The summed E-state index contributed by atoms with van der Waals surface area (Å²) in [6.45, 7) is 8.40. The van der Waals surface area contributed by atoms with Gasteiger partial charge in [-0.15, -0.1) is 24.0 Å². The van der Waals surface area contributed by atoms with Gasteiger partial charge in [-0.1, -0.05) is 13.8 Å². The van der Waals surface area contributed by atoms with Crippen LogP contribution < -0.4 is 16.4 Å². The van der Waals surface area contributed by atoms with Crippen LogP contribution in [-0.4, -0.2) is 25.0 Å². The van der Waals surface area contributed by atoms with Crippen molar-refractivity contribution in [1.82, 2.24) is 10.6 Å². The van der Waals surface area contributed by atoms with Gasteiger partial charge in [0.25, 0.3) is 5.91 Å². The molecule has 6 nitrogen and oxygen atoms in total. The maximum absolute atomic E-state index is 10.9. The topological polar surface area (TPSA) is 92.6 Å². The highest BCUT2D eigenvalue weighted by Crippen LogP contribution is 2.08. The molecule has 21 heavy (non-hydrogen) atoms. The summed E-state index contributed by atoms with van der Waals surface area (Å²) in [6.07, 6.45) is 1.08. The zero-order chi connectivity index (χ0) is 15.0. The third-order valence-corrected chi connectivity index (χ3v) is 2.66. The molecule has 0 bridgehead atoms. The Balaban J connectivity index is 0.00000400. The molecule has 1 aromatic rings. The van der Waals surface area contributed by atoms with Crippen molar-refractivity contribution in [2.45, 2.75) is 33.7 Å². The normalized spacial score (nSPS) is 11.1. The number of halogens is 1. The lowest BCUT2D eigenvalue weighted by molar-refractivity contribution is 0.0972. The van der Waals surface area contributed by atoms with Crippen LogP contribution in [0.3, 0.4) is 0 Å². The molecule has 0 aromatic carbocycles. The van der Waals surface area contributed by atoms with Crippen LogP contribution in [0.4, 0.5) is 0 Å². The molecule has 120 valence electrons. The van der Waals surface area contributed by atoms with E-state index in [1.165, 1.54) is 0 Å². The number of primary amides is 1. The Morgan fingerprint density at radius 3 is 2.62 bits per heavy atom. The van der Waals surface area contributed by atoms with Gasteiger partial charge in [-0.3, -0.25) is 4.79 Å². The predicted octanol–water partition coefficient (Wildman–Crippen LogP) is 2.10. The lowest BCUT2D eigenvalue weighted by Gasteiger charge is -2.11. The van der Waals surface area contributed by atoms with Crippen molar-refractivity contribution in [3.05, 3.63) is 23.7 Å². The van der Waals surface area contributed by atoms with E-state index in [-0.39, 0.29) is 29.7 Å². The molecular formula is C14H25IN4O2. The van der Waals surface area contributed by atoms with E-state index < -0.39 is 5.91 Å². The van der Waals surface area contributed by atoms with Crippen molar-refractivity contribution in [2.75, 3.05) is 13.1 Å². The number of furan rings is 1. The average molecular weight is 408 g/mol. The number of nitrogens with two attached hydrogens (primary N) is 1. The zero-order valence-corrected chi connectivity index (χ0v) is 15.1. The first-order valence-corrected chi connectivity index (χ1v) is 6.93. The minimum absolute atomic E-state index is 0. The number of hydrogen-bond donors (Lipinski definition) is 3. The van der Waals surface area contributed by atoms with Gasteiger partial charge in [0.2, 0.25) is 0 Å². The molecule has 0 saturated heterocycles. The number of hydrogen-bond acceptors (Lipinski definition) is 3. The fourth-order valence-corrected chi connectivity index (χ4v) is 1.57. The summed E-state index contributed by atoms with van der Waals surface area (Å²) in [6, 6.07) is 3.27. The van der Waals surface area contributed by atoms with Crippen LogP contribution in [0.25, 0.3) is 0 Å². The zero-order valence-electron chi connectivity index (χ0n) is 12.8. The quantitative estimate of drug-likeness (QED) is 0.366. The van der Waals surface area contributed by atoms with Gasteiger partial charge in [0.15, 0.2) is 11.7 Å². The van der Waals surface area contributed by atoms with Gasteiger partial charge in [0, 0.05) is 13.1 Å². The van der Waals surface area contributed by atoms with Crippen LogP contribution in [0.5, 0.6) is 0 Å². The molecule has 4 N–H and O–H groups in total. The van der Waals surface area contributed by atoms with Crippen molar-refractivity contribution in [3.8, 4) is 0 Å². The molecule has 0 aliphatic heterocycles. The summed E-state index contributed by atoms with van der Waals surface area (Å²) in [7, 11) is 0. The van der Waals surface area contributed by atoms with Crippen LogP contribution in [0, 0.1) is 5.92 Å². The van der Waals surface area contributed by atoms with Crippen LogP contribution in [0.15, 0.2) is 21.5 Å². The fourth-order valence-electron chi connectivity index (χ4n) is 1.57. The Labute approximate surface area is 143 Å². The number of rotatable bonds is 7. The Hall–Kier alpha value is -1.25. The molecule has 0 atom stereocenters. The van der Waals surface area contributed by atoms with Crippen LogP contribution in [-0.2, 0) is 6.54 Å². The second kappa shape index (κ2) is 10.5. The smallest absolute Gasteiger partial charge is 0.284 e. The lowest BCUT2D eigenvalue weighted by atomic mass is 10.1. The number of amides is 1. The Bertz CT molecular complexity index is 458. The lowest BCUT2D eigenvalue weighted by Crippen LogP contribution is -2.38. The van der Waals surface area contributed by atoms with E-state index in [1.807, 2.05) is 6.92 Å². The number of nitrogens with one attached hydrogen (secondary N) is 2. The van der Waals surface area contributed by atoms with Gasteiger partial charge in [0.05, 0.1) is 0 Å². The summed E-state index contributed by atoms with van der Waals surface area (Å²) in [5, 5.41) is 6.42. The number of carbonyl (C=O) groups is 1. The molecule has 1 amide bonds. The van der Waals surface area contributed by atoms with Gasteiger partial charge in [-0.25, -0.2) is 4.99 Å². The molecule has 0 saturated carbocycles. The Morgan fingerprint density at radius 2 is 2.10 bits per heavy atom. The highest BCUT2D eigenvalue weighted by atomic mass is 127. The van der Waals surface area contributed by atoms with Crippen LogP contribution >= 0.6 is 24.0 Å². The van der Waals surface area contributed by atoms with E-state index in [0.29, 0.717) is 18.2 Å². The third-order valence-electron chi connectivity index (χ3n) is 2.66. The summed E-state index contributed by atoms with van der Waals surface area (Å²) < 4.78 is 5.28. The Kier molecular flexibility index (Phi) is 9.85. The summed E-state index contributed by atoms with van der Waals surface area (Å²) in [4.78, 5) is 15.3. The molecule has 0 fully saturated rings. The predicted molar refractivity (Wildman–Crippen MR) is 94.9 cm³/mol. The number of aliphatic imine (C=N–C) groups is 1. The third kappa shape index (κ3) is 7.93. The van der Waals surface area contributed by atoms with Crippen molar-refractivity contribution in [3.63, 3.8) is 0 Å². The molecule has 0 aliphatic rings. The van der Waals surface area contributed by atoms with E-state index in [1.54, 1.807) is 12.1 Å². The van der Waals surface area contributed by atoms with Crippen LogP contribution in [0.1, 0.15) is 43.5 Å². The second-order valence-electron chi connectivity index (χ2n) is 4.93. The maximum Gasteiger partial charge on any atom is 0.284 e. The molecule has 0 radical (unpaired) electrons. The van der Waals surface area contributed by atoms with Crippen LogP contribution in [0.2, 0.25) is 0 Å². The molecule has 0 spiro atoms. The molecular weight excluding hydrogens is 383 g/mol. The molecule has 0 aliphatic carbocycles. The summed E-state index contributed by atoms with van der Waals surface area (Å²) in [5.41, 5.74) is 5.13. The van der Waals surface area contributed by atoms with Gasteiger partial charge in [0.1, 0.15) is 12.3 Å². The molecule has 1 aromatic heterocycles. The highest BCUT2D eigenvalue weighted by molar-refractivity contribution is 14.0. The Morgan fingerprint density at radius 1 is 1.38 bits per heavy atom. The summed E-state index contributed by atoms with van der Waals surface area (Å²) >= 11 is 0. The van der Waals surface area contributed by atoms with E-state index in [9.17, 15) is 4.79 Å². The highest BCUT2D eigenvalue weighted by Gasteiger charge is 2.06. The largest absolute Gasteiger partial charge is 0.454 e. The molecule has 1 heterocycles. The minimum atomic E-state index is -0.567. The molecule has 1 rings (SSSR count). The van der Waals surface area contributed by atoms with Gasteiger partial charge in [-0.05, 0) is 31.4 Å². The second-order valence-corrected chi connectivity index (χ2v) is 4.93. The SMILES string of the molecule is CCNC(=NCc1ccc(C(N)=O)o1)NCCC(C)C.I. The minimum Gasteiger partial charge on any atom is -0.454 e. The molecule has 7 heteroatoms.